The first-order chi connectivity index (χ1) is 7.08. The lowest BCUT2D eigenvalue weighted by atomic mass is 9.95. The zero-order valence-electron chi connectivity index (χ0n) is 10.2. The fourth-order valence-electron chi connectivity index (χ4n) is 1.80. The molecule has 0 aliphatic heterocycles. The first-order valence-corrected chi connectivity index (χ1v) is 5.86. The summed E-state index contributed by atoms with van der Waals surface area (Å²) >= 11 is 0. The Bertz CT molecular complexity index is 280. The first kappa shape index (κ1) is 12.3. The Balaban J connectivity index is 2.32. The minimum atomic E-state index is 0.212. The van der Waals surface area contributed by atoms with Crippen molar-refractivity contribution >= 4 is 0 Å². The molecule has 0 heterocycles. The van der Waals surface area contributed by atoms with Crippen LogP contribution in [0, 0.1) is 5.92 Å². The molecular weight excluding hydrogens is 182 g/mol. The van der Waals surface area contributed by atoms with Crippen molar-refractivity contribution in [2.24, 2.45) is 11.7 Å². The molecule has 1 nitrogen and oxygen atoms in total. The van der Waals surface area contributed by atoms with Crippen molar-refractivity contribution in [1.82, 2.24) is 0 Å². The van der Waals surface area contributed by atoms with E-state index in [2.05, 4.69) is 45.1 Å². The highest BCUT2D eigenvalue weighted by atomic mass is 14.6. The van der Waals surface area contributed by atoms with Crippen molar-refractivity contribution in [1.29, 1.82) is 0 Å². The van der Waals surface area contributed by atoms with Crippen molar-refractivity contribution < 1.29 is 0 Å². The van der Waals surface area contributed by atoms with Crippen molar-refractivity contribution in [3.05, 3.63) is 35.5 Å². The molecule has 1 heteroatoms. The molecule has 0 spiro atoms. The first-order valence-electron chi connectivity index (χ1n) is 5.86. The van der Waals surface area contributed by atoms with Gasteiger partial charge in [0.1, 0.15) is 0 Å². The molecule has 0 fully saturated rings. The Hall–Kier alpha value is -0.820. The van der Waals surface area contributed by atoms with Gasteiger partial charge < -0.3 is 5.73 Å². The van der Waals surface area contributed by atoms with Gasteiger partial charge in [-0.2, -0.15) is 0 Å². The summed E-state index contributed by atoms with van der Waals surface area (Å²) in [6.07, 6.45) is 12.4. The van der Waals surface area contributed by atoms with Gasteiger partial charge in [-0.3, -0.25) is 0 Å². The second-order valence-corrected chi connectivity index (χ2v) is 4.80. The summed E-state index contributed by atoms with van der Waals surface area (Å²) in [6.45, 7) is 6.45. The maximum absolute atomic E-state index is 5.99. The minimum absolute atomic E-state index is 0.212. The molecule has 0 saturated heterocycles. The average Bonchev–Trinajstić information content (AvgIpc) is 2.16. The van der Waals surface area contributed by atoms with Crippen LogP contribution in [0.1, 0.15) is 40.0 Å². The number of allylic oxidation sites excluding steroid dienone is 5. The number of nitrogens with two attached hydrogens (primary N) is 1. The number of hydrogen-bond acceptors (Lipinski definition) is 1. The van der Waals surface area contributed by atoms with E-state index in [1.807, 2.05) is 0 Å². The monoisotopic (exact) mass is 205 g/mol. The van der Waals surface area contributed by atoms with Gasteiger partial charge in [0.15, 0.2) is 0 Å². The molecule has 2 N–H and O–H groups in total. The zero-order chi connectivity index (χ0) is 11.3. The molecule has 0 radical (unpaired) electrons. The third-order valence-corrected chi connectivity index (χ3v) is 2.70. The van der Waals surface area contributed by atoms with Crippen molar-refractivity contribution in [2.45, 2.75) is 46.1 Å². The van der Waals surface area contributed by atoms with E-state index in [-0.39, 0.29) is 6.04 Å². The summed E-state index contributed by atoms with van der Waals surface area (Å²) in [5.41, 5.74) is 8.75. The maximum atomic E-state index is 5.99. The largest absolute Gasteiger partial charge is 0.324 e. The molecule has 1 rings (SSSR count). The van der Waals surface area contributed by atoms with Crippen LogP contribution in [-0.2, 0) is 0 Å². The standard InChI is InChI=1S/C14H23N/c1-11(2)10-14(15)9-8-13-6-4-12(3)5-7-13/h4,6-7,10,12,14H,5,8-9,15H2,1-3H3. The Morgan fingerprint density at radius 2 is 2.33 bits per heavy atom. The van der Waals surface area contributed by atoms with Crippen LogP contribution in [0.4, 0.5) is 0 Å². The van der Waals surface area contributed by atoms with Crippen LogP contribution < -0.4 is 5.73 Å². The van der Waals surface area contributed by atoms with Crippen LogP contribution in [0.2, 0.25) is 0 Å². The molecule has 0 saturated carbocycles. The Kier molecular flexibility index (Phi) is 4.83. The molecule has 0 amide bonds. The number of hydrogen-bond donors (Lipinski definition) is 1. The Morgan fingerprint density at radius 3 is 2.87 bits per heavy atom. The predicted octanol–water partition coefficient (Wildman–Crippen LogP) is 3.58. The van der Waals surface area contributed by atoms with Gasteiger partial charge in [0, 0.05) is 6.04 Å². The summed E-state index contributed by atoms with van der Waals surface area (Å²) in [5.74, 6) is 0.709. The van der Waals surface area contributed by atoms with Crippen molar-refractivity contribution in [2.75, 3.05) is 0 Å². The zero-order valence-corrected chi connectivity index (χ0v) is 10.2. The third-order valence-electron chi connectivity index (χ3n) is 2.70. The summed E-state index contributed by atoms with van der Waals surface area (Å²) in [6, 6.07) is 0.212. The predicted molar refractivity (Wildman–Crippen MR) is 67.6 cm³/mol. The topological polar surface area (TPSA) is 26.0 Å². The second kappa shape index (κ2) is 5.92. The van der Waals surface area contributed by atoms with Crippen LogP contribution in [0.25, 0.3) is 0 Å². The molecule has 0 aromatic rings. The van der Waals surface area contributed by atoms with Crippen LogP contribution in [0.3, 0.4) is 0 Å². The van der Waals surface area contributed by atoms with Gasteiger partial charge in [0.05, 0.1) is 0 Å². The SMILES string of the molecule is CC(C)=CC(N)CCC1=CCC(C)C=C1. The molecule has 84 valence electrons. The Labute approximate surface area is 93.7 Å². The van der Waals surface area contributed by atoms with E-state index in [0.717, 1.165) is 12.8 Å². The van der Waals surface area contributed by atoms with E-state index in [9.17, 15) is 0 Å². The van der Waals surface area contributed by atoms with E-state index in [4.69, 9.17) is 5.73 Å². The third kappa shape index (κ3) is 4.98. The van der Waals surface area contributed by atoms with Gasteiger partial charge in [0.2, 0.25) is 0 Å². The summed E-state index contributed by atoms with van der Waals surface area (Å²) in [5, 5.41) is 0. The summed E-state index contributed by atoms with van der Waals surface area (Å²) in [4.78, 5) is 0. The van der Waals surface area contributed by atoms with E-state index in [1.54, 1.807) is 0 Å². The van der Waals surface area contributed by atoms with Crippen LogP contribution in [0.5, 0.6) is 0 Å². The van der Waals surface area contributed by atoms with E-state index < -0.39 is 0 Å². The lowest BCUT2D eigenvalue weighted by Crippen LogP contribution is -2.17. The molecular formula is C14H23N. The molecule has 1 aliphatic carbocycles. The molecule has 0 aromatic heterocycles. The van der Waals surface area contributed by atoms with Gasteiger partial charge in [-0.05, 0) is 39.0 Å². The molecule has 2 unspecified atom stereocenters. The van der Waals surface area contributed by atoms with E-state index >= 15 is 0 Å². The number of rotatable bonds is 4. The smallest absolute Gasteiger partial charge is 0.0229 e. The quantitative estimate of drug-likeness (QED) is 0.697. The van der Waals surface area contributed by atoms with Gasteiger partial charge in [-0.25, -0.2) is 0 Å². The van der Waals surface area contributed by atoms with Gasteiger partial charge in [0.25, 0.3) is 0 Å². The minimum Gasteiger partial charge on any atom is -0.324 e. The van der Waals surface area contributed by atoms with Crippen molar-refractivity contribution in [3.8, 4) is 0 Å². The van der Waals surface area contributed by atoms with Crippen LogP contribution >= 0.6 is 0 Å². The highest BCUT2D eigenvalue weighted by Crippen LogP contribution is 2.19. The van der Waals surface area contributed by atoms with Crippen molar-refractivity contribution in [3.63, 3.8) is 0 Å². The normalized spacial score (nSPS) is 22.1. The van der Waals surface area contributed by atoms with Gasteiger partial charge in [-0.15, -0.1) is 0 Å². The summed E-state index contributed by atoms with van der Waals surface area (Å²) < 4.78 is 0. The van der Waals surface area contributed by atoms with Crippen LogP contribution in [-0.4, -0.2) is 6.04 Å². The summed E-state index contributed by atoms with van der Waals surface area (Å²) in [7, 11) is 0. The molecule has 0 bridgehead atoms. The fourth-order valence-corrected chi connectivity index (χ4v) is 1.80. The van der Waals surface area contributed by atoms with Gasteiger partial charge in [-0.1, -0.05) is 42.4 Å². The molecule has 0 aromatic carbocycles. The van der Waals surface area contributed by atoms with Gasteiger partial charge >= 0.3 is 0 Å². The van der Waals surface area contributed by atoms with E-state index in [1.165, 1.54) is 17.6 Å². The molecule has 15 heavy (non-hydrogen) atoms. The molecule has 2 atom stereocenters. The highest BCUT2D eigenvalue weighted by Gasteiger charge is 2.05. The lowest BCUT2D eigenvalue weighted by Gasteiger charge is -2.13. The molecule has 1 aliphatic rings. The average molecular weight is 205 g/mol. The highest BCUT2D eigenvalue weighted by molar-refractivity contribution is 5.23. The Morgan fingerprint density at radius 1 is 1.60 bits per heavy atom. The maximum Gasteiger partial charge on any atom is 0.0229 e. The second-order valence-electron chi connectivity index (χ2n) is 4.80. The van der Waals surface area contributed by atoms with Crippen LogP contribution in [0.15, 0.2) is 35.5 Å². The lowest BCUT2D eigenvalue weighted by molar-refractivity contribution is 0.691. The fraction of sp³-hybridized carbons (Fsp3) is 0.571. The van der Waals surface area contributed by atoms with E-state index in [0.29, 0.717) is 5.92 Å².